The van der Waals surface area contributed by atoms with Crippen molar-refractivity contribution in [2.45, 2.75) is 18.2 Å². The van der Waals surface area contributed by atoms with Crippen LogP contribution in [-0.2, 0) is 4.79 Å². The number of para-hydroxylation sites is 1. The summed E-state index contributed by atoms with van der Waals surface area (Å²) in [6.07, 6.45) is 2.05. The van der Waals surface area contributed by atoms with E-state index in [9.17, 15) is 10.1 Å². The SMILES string of the molecule is CCC(Br)C(=O)Nc1c(C#N)cnn1-c1ccc2ccccc2n1. The van der Waals surface area contributed by atoms with Crippen molar-refractivity contribution in [1.82, 2.24) is 14.8 Å². The molecule has 1 N–H and O–H groups in total. The Balaban J connectivity index is 2.05. The minimum Gasteiger partial charge on any atom is -0.308 e. The van der Waals surface area contributed by atoms with Crippen molar-refractivity contribution < 1.29 is 4.79 Å². The number of fused-ring (bicyclic) bond motifs is 1. The van der Waals surface area contributed by atoms with E-state index in [1.165, 1.54) is 10.9 Å². The van der Waals surface area contributed by atoms with Gasteiger partial charge in [-0.05, 0) is 24.6 Å². The van der Waals surface area contributed by atoms with Crippen LogP contribution in [0, 0.1) is 11.3 Å². The number of nitrogens with zero attached hydrogens (tertiary/aromatic N) is 4. The van der Waals surface area contributed by atoms with Crippen LogP contribution in [0.5, 0.6) is 0 Å². The molecule has 0 aliphatic rings. The van der Waals surface area contributed by atoms with Crippen LogP contribution in [0.2, 0.25) is 0 Å². The third-order valence-electron chi connectivity index (χ3n) is 3.57. The van der Waals surface area contributed by atoms with Gasteiger partial charge in [-0.15, -0.1) is 0 Å². The van der Waals surface area contributed by atoms with E-state index in [0.29, 0.717) is 18.1 Å². The summed E-state index contributed by atoms with van der Waals surface area (Å²) >= 11 is 3.31. The Labute approximate surface area is 147 Å². The summed E-state index contributed by atoms with van der Waals surface area (Å²) in [6, 6.07) is 13.5. The number of carbonyl (C=O) groups excluding carboxylic acids is 1. The molecule has 0 aliphatic carbocycles. The summed E-state index contributed by atoms with van der Waals surface area (Å²) in [7, 11) is 0. The van der Waals surface area contributed by atoms with Crippen LogP contribution in [0.4, 0.5) is 5.82 Å². The lowest BCUT2D eigenvalue weighted by Crippen LogP contribution is -2.24. The molecule has 0 radical (unpaired) electrons. The molecule has 1 atom stereocenters. The number of benzene rings is 1. The third kappa shape index (κ3) is 3.01. The highest BCUT2D eigenvalue weighted by molar-refractivity contribution is 9.10. The highest BCUT2D eigenvalue weighted by Crippen LogP contribution is 2.22. The molecule has 0 aliphatic heterocycles. The summed E-state index contributed by atoms with van der Waals surface area (Å²) in [5.41, 5.74) is 1.10. The minimum absolute atomic E-state index is 0.225. The van der Waals surface area contributed by atoms with Gasteiger partial charge in [-0.3, -0.25) is 4.79 Å². The van der Waals surface area contributed by atoms with Crippen LogP contribution in [0.3, 0.4) is 0 Å². The minimum atomic E-state index is -0.336. The topological polar surface area (TPSA) is 83.6 Å². The van der Waals surface area contributed by atoms with E-state index in [2.05, 4.69) is 31.3 Å². The van der Waals surface area contributed by atoms with Crippen molar-refractivity contribution in [2.75, 3.05) is 5.32 Å². The second kappa shape index (κ2) is 6.81. The maximum absolute atomic E-state index is 12.2. The molecule has 0 bridgehead atoms. The lowest BCUT2D eigenvalue weighted by molar-refractivity contribution is -0.115. The van der Waals surface area contributed by atoms with Gasteiger partial charge in [0.25, 0.3) is 0 Å². The van der Waals surface area contributed by atoms with Crippen molar-refractivity contribution in [3.63, 3.8) is 0 Å². The first-order valence-corrected chi connectivity index (χ1v) is 8.34. The number of carbonyl (C=O) groups is 1. The molecule has 0 fully saturated rings. The Morgan fingerprint density at radius 2 is 2.17 bits per heavy atom. The molecule has 1 unspecified atom stereocenters. The van der Waals surface area contributed by atoms with Gasteiger partial charge in [-0.2, -0.15) is 15.0 Å². The summed E-state index contributed by atoms with van der Waals surface area (Å²) in [5.74, 6) is 0.632. The number of anilines is 1. The van der Waals surface area contributed by atoms with Crippen molar-refractivity contribution in [1.29, 1.82) is 5.26 Å². The number of amides is 1. The van der Waals surface area contributed by atoms with E-state index in [1.54, 1.807) is 6.07 Å². The van der Waals surface area contributed by atoms with Gasteiger partial charge < -0.3 is 5.32 Å². The van der Waals surface area contributed by atoms with Gasteiger partial charge in [0.2, 0.25) is 5.91 Å². The quantitative estimate of drug-likeness (QED) is 0.699. The molecule has 3 aromatic rings. The fourth-order valence-electron chi connectivity index (χ4n) is 2.28. The van der Waals surface area contributed by atoms with Gasteiger partial charge in [-0.1, -0.05) is 41.1 Å². The lowest BCUT2D eigenvalue weighted by atomic mass is 10.2. The first-order chi connectivity index (χ1) is 11.6. The van der Waals surface area contributed by atoms with Crippen molar-refractivity contribution in [2.24, 2.45) is 0 Å². The number of hydrogen-bond donors (Lipinski definition) is 1. The first kappa shape index (κ1) is 16.1. The van der Waals surface area contributed by atoms with Crippen LogP contribution >= 0.6 is 15.9 Å². The zero-order valence-electron chi connectivity index (χ0n) is 12.9. The number of rotatable bonds is 4. The van der Waals surface area contributed by atoms with E-state index < -0.39 is 0 Å². The average Bonchev–Trinajstić information content (AvgIpc) is 3.03. The van der Waals surface area contributed by atoms with Gasteiger partial charge >= 0.3 is 0 Å². The molecule has 0 saturated heterocycles. The number of nitriles is 1. The van der Waals surface area contributed by atoms with Gasteiger partial charge in [0.15, 0.2) is 11.6 Å². The maximum atomic E-state index is 12.2. The van der Waals surface area contributed by atoms with Crippen LogP contribution in [-0.4, -0.2) is 25.5 Å². The molecule has 6 nitrogen and oxygen atoms in total. The molecule has 1 aromatic carbocycles. The average molecular weight is 384 g/mol. The maximum Gasteiger partial charge on any atom is 0.239 e. The number of pyridine rings is 1. The molecule has 2 aromatic heterocycles. The fraction of sp³-hybridized carbons (Fsp3) is 0.176. The van der Waals surface area contributed by atoms with Gasteiger partial charge in [0, 0.05) is 5.39 Å². The van der Waals surface area contributed by atoms with E-state index >= 15 is 0 Å². The predicted octanol–water partition coefficient (Wildman–Crippen LogP) is 3.40. The molecule has 0 spiro atoms. The zero-order valence-corrected chi connectivity index (χ0v) is 14.5. The van der Waals surface area contributed by atoms with E-state index in [-0.39, 0.29) is 16.3 Å². The monoisotopic (exact) mass is 383 g/mol. The predicted molar refractivity (Wildman–Crippen MR) is 95.2 cm³/mol. The molecular formula is C17H14BrN5O. The van der Waals surface area contributed by atoms with Crippen molar-refractivity contribution in [3.8, 4) is 11.9 Å². The van der Waals surface area contributed by atoms with E-state index in [4.69, 9.17) is 0 Å². The second-order valence-corrected chi connectivity index (χ2v) is 6.26. The summed E-state index contributed by atoms with van der Waals surface area (Å²) in [5, 5.41) is 17.2. The number of aromatic nitrogens is 3. The number of halogens is 1. The molecule has 7 heteroatoms. The molecule has 1 amide bonds. The Morgan fingerprint density at radius 3 is 2.92 bits per heavy atom. The van der Waals surface area contributed by atoms with Gasteiger partial charge in [0.05, 0.1) is 16.5 Å². The van der Waals surface area contributed by atoms with Crippen molar-refractivity contribution >= 4 is 38.6 Å². The molecule has 24 heavy (non-hydrogen) atoms. The number of alkyl halides is 1. The van der Waals surface area contributed by atoms with Gasteiger partial charge in [-0.25, -0.2) is 4.98 Å². The summed E-state index contributed by atoms with van der Waals surface area (Å²) < 4.78 is 1.47. The molecule has 120 valence electrons. The molecular weight excluding hydrogens is 370 g/mol. The Morgan fingerprint density at radius 1 is 1.38 bits per heavy atom. The van der Waals surface area contributed by atoms with Gasteiger partial charge in [0.1, 0.15) is 11.6 Å². The first-order valence-electron chi connectivity index (χ1n) is 7.43. The van der Waals surface area contributed by atoms with E-state index in [1.807, 2.05) is 43.3 Å². The highest BCUT2D eigenvalue weighted by atomic mass is 79.9. The standard InChI is InChI=1S/C17H14BrN5O/c1-2-13(18)17(24)22-16-12(9-19)10-20-23(16)15-8-7-11-5-3-4-6-14(11)21-15/h3-8,10,13H,2H2,1H3,(H,22,24). The Bertz CT molecular complexity index is 944. The molecule has 3 rings (SSSR count). The second-order valence-electron chi connectivity index (χ2n) is 5.16. The molecule has 0 saturated carbocycles. The van der Waals surface area contributed by atoms with Crippen molar-refractivity contribution in [3.05, 3.63) is 48.2 Å². The largest absolute Gasteiger partial charge is 0.308 e. The summed E-state index contributed by atoms with van der Waals surface area (Å²) in [4.78, 5) is 16.4. The summed E-state index contributed by atoms with van der Waals surface area (Å²) in [6.45, 7) is 1.90. The van der Waals surface area contributed by atoms with Crippen LogP contribution in [0.15, 0.2) is 42.6 Å². The fourth-order valence-corrected chi connectivity index (χ4v) is 2.39. The number of nitrogens with one attached hydrogen (secondary N) is 1. The van der Waals surface area contributed by atoms with Crippen LogP contribution in [0.25, 0.3) is 16.7 Å². The highest BCUT2D eigenvalue weighted by Gasteiger charge is 2.19. The van der Waals surface area contributed by atoms with Crippen LogP contribution in [0.1, 0.15) is 18.9 Å². The third-order valence-corrected chi connectivity index (χ3v) is 4.64. The zero-order chi connectivity index (χ0) is 17.1. The van der Waals surface area contributed by atoms with E-state index in [0.717, 1.165) is 10.9 Å². The normalized spacial score (nSPS) is 11.9. The Kier molecular flexibility index (Phi) is 4.58. The lowest BCUT2D eigenvalue weighted by Gasteiger charge is -2.11. The smallest absolute Gasteiger partial charge is 0.239 e. The molecule has 2 heterocycles. The Hall–Kier alpha value is -2.72. The van der Waals surface area contributed by atoms with Crippen LogP contribution < -0.4 is 5.32 Å². The number of hydrogen-bond acceptors (Lipinski definition) is 4.